The molecule has 190 valence electrons. The summed E-state index contributed by atoms with van der Waals surface area (Å²) in [5.74, 6) is 1.24. The number of hydrogen-bond acceptors (Lipinski definition) is 6. The molecule has 1 fully saturated rings. The van der Waals surface area contributed by atoms with Crippen molar-refractivity contribution in [3.63, 3.8) is 0 Å². The third-order valence-corrected chi connectivity index (χ3v) is 8.61. The average Bonchev–Trinajstić information content (AvgIpc) is 3.15. The van der Waals surface area contributed by atoms with E-state index in [4.69, 9.17) is 15.5 Å². The number of aromatic nitrogens is 3. The minimum atomic E-state index is -3.71. The number of fused-ring (bicyclic) bond motifs is 1. The highest BCUT2D eigenvalue weighted by Gasteiger charge is 2.30. The van der Waals surface area contributed by atoms with Crippen LogP contribution in [0.3, 0.4) is 0 Å². The van der Waals surface area contributed by atoms with Gasteiger partial charge in [0.25, 0.3) is 5.56 Å². The highest BCUT2D eigenvalue weighted by Crippen LogP contribution is 2.33. The Balaban J connectivity index is 1.78. The van der Waals surface area contributed by atoms with Gasteiger partial charge in [0.15, 0.2) is 0 Å². The molecule has 10 heteroatoms. The number of aryl methyl sites for hydroxylation is 2. The molecular formula is C25H35N5O4S. The molecule has 1 aromatic carbocycles. The molecule has 4 rings (SSSR count). The SMILES string of the molecule is CCCc1cn(C)c2c(=O)[nH]c(-c3cc(S(=O)(=O)N4CCC(CCN)CC4)ccc3OCC)nc12. The Hall–Kier alpha value is -2.69. The lowest BCUT2D eigenvalue weighted by molar-refractivity contribution is 0.266. The summed E-state index contributed by atoms with van der Waals surface area (Å²) in [6.45, 7) is 5.90. The fourth-order valence-electron chi connectivity index (χ4n) is 4.92. The predicted molar refractivity (Wildman–Crippen MR) is 137 cm³/mol. The summed E-state index contributed by atoms with van der Waals surface area (Å²) in [7, 11) is -1.88. The lowest BCUT2D eigenvalue weighted by Crippen LogP contribution is -2.38. The number of benzene rings is 1. The van der Waals surface area contributed by atoms with E-state index in [0.29, 0.717) is 60.3 Å². The first-order chi connectivity index (χ1) is 16.8. The Morgan fingerprint density at radius 2 is 1.97 bits per heavy atom. The number of ether oxygens (including phenoxy) is 1. The van der Waals surface area contributed by atoms with Crippen molar-refractivity contribution in [3.8, 4) is 17.1 Å². The van der Waals surface area contributed by atoms with Crippen LogP contribution in [-0.4, -0.2) is 53.5 Å². The maximum Gasteiger partial charge on any atom is 0.275 e. The van der Waals surface area contributed by atoms with Gasteiger partial charge in [-0.3, -0.25) is 4.79 Å². The van der Waals surface area contributed by atoms with E-state index in [2.05, 4.69) is 11.9 Å². The number of H-pyrrole nitrogens is 1. The van der Waals surface area contributed by atoms with Crippen molar-refractivity contribution in [1.29, 1.82) is 0 Å². The number of rotatable bonds is 9. The molecule has 3 N–H and O–H groups in total. The van der Waals surface area contributed by atoms with Crippen LogP contribution >= 0.6 is 0 Å². The van der Waals surface area contributed by atoms with Crippen molar-refractivity contribution in [2.75, 3.05) is 26.2 Å². The van der Waals surface area contributed by atoms with E-state index >= 15 is 0 Å². The van der Waals surface area contributed by atoms with Crippen LogP contribution in [0.25, 0.3) is 22.4 Å². The van der Waals surface area contributed by atoms with E-state index in [1.165, 1.54) is 4.31 Å². The Morgan fingerprint density at radius 1 is 1.23 bits per heavy atom. The second-order valence-electron chi connectivity index (χ2n) is 9.14. The third-order valence-electron chi connectivity index (χ3n) is 6.71. The molecule has 0 unspecified atom stereocenters. The largest absolute Gasteiger partial charge is 0.493 e. The van der Waals surface area contributed by atoms with E-state index in [0.717, 1.165) is 37.7 Å². The molecule has 0 aliphatic carbocycles. The second-order valence-corrected chi connectivity index (χ2v) is 11.1. The van der Waals surface area contributed by atoms with Crippen LogP contribution in [-0.2, 0) is 23.5 Å². The topological polar surface area (TPSA) is 123 Å². The molecule has 0 saturated carbocycles. The van der Waals surface area contributed by atoms with Gasteiger partial charge in [-0.2, -0.15) is 4.31 Å². The molecule has 0 bridgehead atoms. The normalized spacial score (nSPS) is 15.7. The predicted octanol–water partition coefficient (Wildman–Crippen LogP) is 3.03. The van der Waals surface area contributed by atoms with Crippen molar-refractivity contribution in [2.45, 2.75) is 50.8 Å². The van der Waals surface area contributed by atoms with Crippen molar-refractivity contribution in [2.24, 2.45) is 18.7 Å². The minimum absolute atomic E-state index is 0.165. The number of nitrogens with one attached hydrogen (secondary N) is 1. The van der Waals surface area contributed by atoms with Gasteiger partial charge in [-0.1, -0.05) is 13.3 Å². The van der Waals surface area contributed by atoms with Gasteiger partial charge in [0.2, 0.25) is 10.0 Å². The molecule has 1 aliphatic rings. The average molecular weight is 502 g/mol. The first kappa shape index (κ1) is 25.4. The monoisotopic (exact) mass is 501 g/mol. The van der Waals surface area contributed by atoms with Gasteiger partial charge in [0.05, 0.1) is 22.6 Å². The maximum atomic E-state index is 13.5. The summed E-state index contributed by atoms with van der Waals surface area (Å²) in [4.78, 5) is 20.8. The number of piperidine rings is 1. The Morgan fingerprint density at radius 3 is 2.63 bits per heavy atom. The van der Waals surface area contributed by atoms with E-state index in [-0.39, 0.29) is 10.5 Å². The van der Waals surface area contributed by atoms with Crippen LogP contribution in [0.2, 0.25) is 0 Å². The molecule has 0 amide bonds. The molecule has 1 aliphatic heterocycles. The Kier molecular flexibility index (Phi) is 7.63. The molecule has 9 nitrogen and oxygen atoms in total. The zero-order valence-corrected chi connectivity index (χ0v) is 21.5. The van der Waals surface area contributed by atoms with Crippen LogP contribution < -0.4 is 16.0 Å². The third kappa shape index (κ3) is 5.00. The van der Waals surface area contributed by atoms with Gasteiger partial charge < -0.3 is 20.0 Å². The van der Waals surface area contributed by atoms with E-state index in [1.807, 2.05) is 20.2 Å². The second kappa shape index (κ2) is 10.5. The van der Waals surface area contributed by atoms with Crippen molar-refractivity contribution < 1.29 is 13.2 Å². The van der Waals surface area contributed by atoms with Crippen molar-refractivity contribution >= 4 is 21.1 Å². The fraction of sp³-hybridized carbons (Fsp3) is 0.520. The summed E-state index contributed by atoms with van der Waals surface area (Å²) in [5.41, 5.74) is 7.98. The van der Waals surface area contributed by atoms with Crippen LogP contribution in [0.15, 0.2) is 34.1 Å². The van der Waals surface area contributed by atoms with E-state index in [1.54, 1.807) is 22.8 Å². The van der Waals surface area contributed by atoms with Crippen molar-refractivity contribution in [3.05, 3.63) is 40.3 Å². The van der Waals surface area contributed by atoms with Crippen LogP contribution in [0.5, 0.6) is 5.75 Å². The Bertz CT molecular complexity index is 1350. The Labute approximate surface area is 206 Å². The summed E-state index contributed by atoms with van der Waals surface area (Å²) < 4.78 is 36.1. The minimum Gasteiger partial charge on any atom is -0.493 e. The first-order valence-electron chi connectivity index (χ1n) is 12.4. The fourth-order valence-corrected chi connectivity index (χ4v) is 6.41. The van der Waals surface area contributed by atoms with Gasteiger partial charge in [-0.15, -0.1) is 0 Å². The summed E-state index contributed by atoms with van der Waals surface area (Å²) >= 11 is 0. The smallest absolute Gasteiger partial charge is 0.275 e. The zero-order valence-electron chi connectivity index (χ0n) is 20.7. The molecule has 1 saturated heterocycles. The van der Waals surface area contributed by atoms with Crippen LogP contribution in [0, 0.1) is 5.92 Å². The summed E-state index contributed by atoms with van der Waals surface area (Å²) in [6, 6.07) is 4.78. The lowest BCUT2D eigenvalue weighted by Gasteiger charge is -2.31. The molecule has 3 heterocycles. The molecule has 0 radical (unpaired) electrons. The number of nitrogens with zero attached hydrogens (tertiary/aromatic N) is 3. The van der Waals surface area contributed by atoms with E-state index in [9.17, 15) is 13.2 Å². The van der Waals surface area contributed by atoms with E-state index < -0.39 is 10.0 Å². The van der Waals surface area contributed by atoms with Gasteiger partial charge in [0.1, 0.15) is 17.1 Å². The summed E-state index contributed by atoms with van der Waals surface area (Å²) in [6.07, 6.45) is 6.17. The highest BCUT2D eigenvalue weighted by molar-refractivity contribution is 7.89. The van der Waals surface area contributed by atoms with Crippen LogP contribution in [0.1, 0.15) is 45.1 Å². The van der Waals surface area contributed by atoms with Gasteiger partial charge in [0, 0.05) is 26.3 Å². The standard InChI is InChI=1S/C25H35N5O4S/c1-4-6-18-16-29(3)23-22(18)27-24(28-25(23)31)20-15-19(7-8-21(20)34-5-2)35(32,33)30-13-10-17(9-12-26)11-14-30/h7-8,15-17H,4-6,9-14,26H2,1-3H3,(H,27,28,31). The van der Waals surface area contributed by atoms with Gasteiger partial charge >= 0.3 is 0 Å². The van der Waals surface area contributed by atoms with Crippen molar-refractivity contribution in [1.82, 2.24) is 18.8 Å². The van der Waals surface area contributed by atoms with Crippen LogP contribution in [0.4, 0.5) is 0 Å². The lowest BCUT2D eigenvalue weighted by atomic mass is 9.95. The number of hydrogen-bond donors (Lipinski definition) is 2. The number of aromatic amines is 1. The number of nitrogens with two attached hydrogens (primary N) is 1. The molecule has 3 aromatic rings. The van der Waals surface area contributed by atoms with Gasteiger partial charge in [-0.05, 0) is 68.8 Å². The first-order valence-corrected chi connectivity index (χ1v) is 13.8. The highest BCUT2D eigenvalue weighted by atomic mass is 32.2. The number of sulfonamides is 1. The molecule has 2 aromatic heterocycles. The molecule has 0 spiro atoms. The molecule has 35 heavy (non-hydrogen) atoms. The quantitative estimate of drug-likeness (QED) is 0.465. The molecular weight excluding hydrogens is 466 g/mol. The zero-order chi connectivity index (χ0) is 25.2. The maximum absolute atomic E-state index is 13.5. The van der Waals surface area contributed by atoms with Gasteiger partial charge in [-0.25, -0.2) is 13.4 Å². The summed E-state index contributed by atoms with van der Waals surface area (Å²) in [5, 5.41) is 0. The molecule has 0 atom stereocenters.